The molecule has 0 spiro atoms. The molecule has 2 aliphatic heterocycles. The molecule has 6 rings (SSSR count). The smallest absolute Gasteiger partial charge is 0.161 e. The number of amidine groups is 1. The van der Waals surface area contributed by atoms with E-state index in [4.69, 9.17) is 9.47 Å². The van der Waals surface area contributed by atoms with Gasteiger partial charge in [-0.05, 0) is 35.4 Å². The van der Waals surface area contributed by atoms with Crippen LogP contribution in [0, 0.1) is 12.1 Å². The first-order chi connectivity index (χ1) is 15.3. The minimum Gasteiger partial charge on any atom is -0.486 e. The SMILES string of the molecule is C1#CNc2c(cnn2-c2cccc(C3C=C3)c2)C(NCc2ccc3c(c2)OCCO3)=N1. The van der Waals surface area contributed by atoms with Crippen LogP contribution in [0.4, 0.5) is 5.82 Å². The van der Waals surface area contributed by atoms with Gasteiger partial charge in [-0.2, -0.15) is 10.1 Å². The predicted octanol–water partition coefficient (Wildman–Crippen LogP) is 3.18. The Kier molecular flexibility index (Phi) is 4.13. The van der Waals surface area contributed by atoms with Crippen molar-refractivity contribution in [1.29, 1.82) is 0 Å². The molecule has 0 radical (unpaired) electrons. The highest BCUT2D eigenvalue weighted by Crippen LogP contribution is 2.32. The van der Waals surface area contributed by atoms with Crippen LogP contribution in [0.15, 0.2) is 65.8 Å². The summed E-state index contributed by atoms with van der Waals surface area (Å²) in [5, 5.41) is 11.1. The zero-order chi connectivity index (χ0) is 20.6. The van der Waals surface area contributed by atoms with Gasteiger partial charge in [0.1, 0.15) is 19.0 Å². The van der Waals surface area contributed by atoms with Gasteiger partial charge in [-0.3, -0.25) is 5.32 Å². The van der Waals surface area contributed by atoms with Crippen LogP contribution in [0.1, 0.15) is 22.6 Å². The zero-order valence-corrected chi connectivity index (χ0v) is 16.6. The Hall–Kier alpha value is -4.18. The van der Waals surface area contributed by atoms with Gasteiger partial charge in [-0.25, -0.2) is 4.68 Å². The van der Waals surface area contributed by atoms with Gasteiger partial charge in [0.25, 0.3) is 0 Å². The molecule has 0 fully saturated rings. The summed E-state index contributed by atoms with van der Waals surface area (Å²) in [6.45, 7) is 1.73. The maximum absolute atomic E-state index is 5.68. The second-order valence-corrected chi connectivity index (χ2v) is 7.48. The molecule has 1 aliphatic carbocycles. The van der Waals surface area contributed by atoms with Gasteiger partial charge < -0.3 is 14.8 Å². The molecule has 7 heteroatoms. The highest BCUT2D eigenvalue weighted by atomic mass is 16.6. The van der Waals surface area contributed by atoms with E-state index in [1.54, 1.807) is 6.20 Å². The van der Waals surface area contributed by atoms with E-state index in [0.717, 1.165) is 34.1 Å². The van der Waals surface area contributed by atoms with Gasteiger partial charge in [0.05, 0.1) is 23.5 Å². The lowest BCUT2D eigenvalue weighted by Crippen LogP contribution is -2.24. The van der Waals surface area contributed by atoms with Crippen LogP contribution in [0.2, 0.25) is 0 Å². The van der Waals surface area contributed by atoms with E-state index in [2.05, 4.69) is 63.2 Å². The quantitative estimate of drug-likeness (QED) is 0.512. The van der Waals surface area contributed by atoms with Crippen molar-refractivity contribution in [3.05, 3.63) is 77.5 Å². The van der Waals surface area contributed by atoms with E-state index < -0.39 is 0 Å². The van der Waals surface area contributed by atoms with Crippen LogP contribution >= 0.6 is 0 Å². The minimum atomic E-state index is 0.437. The summed E-state index contributed by atoms with van der Waals surface area (Å²) in [4.78, 5) is 4.39. The van der Waals surface area contributed by atoms with Crippen molar-refractivity contribution >= 4 is 11.7 Å². The van der Waals surface area contributed by atoms with E-state index in [0.29, 0.717) is 31.5 Å². The summed E-state index contributed by atoms with van der Waals surface area (Å²) >= 11 is 0. The van der Waals surface area contributed by atoms with Gasteiger partial charge in [0.15, 0.2) is 17.3 Å². The van der Waals surface area contributed by atoms with Crippen LogP contribution in [0.3, 0.4) is 0 Å². The Morgan fingerprint density at radius 2 is 2.00 bits per heavy atom. The van der Waals surface area contributed by atoms with Gasteiger partial charge in [0, 0.05) is 18.5 Å². The summed E-state index contributed by atoms with van der Waals surface area (Å²) in [5.74, 6) is 3.46. The molecule has 0 saturated heterocycles. The molecule has 3 aliphatic rings. The van der Waals surface area contributed by atoms with Crippen molar-refractivity contribution < 1.29 is 9.47 Å². The number of rotatable bonds is 4. The van der Waals surface area contributed by atoms with E-state index in [9.17, 15) is 0 Å². The number of aliphatic imine (C=N–C) groups is 1. The van der Waals surface area contributed by atoms with Crippen molar-refractivity contribution in [3.8, 4) is 29.3 Å². The van der Waals surface area contributed by atoms with Crippen molar-refractivity contribution in [2.75, 3.05) is 18.5 Å². The molecule has 0 unspecified atom stereocenters. The van der Waals surface area contributed by atoms with E-state index in [1.165, 1.54) is 5.56 Å². The first kappa shape index (κ1) is 17.7. The fourth-order valence-corrected chi connectivity index (χ4v) is 3.73. The third kappa shape index (κ3) is 3.38. The molecule has 31 heavy (non-hydrogen) atoms. The number of anilines is 1. The molecule has 0 amide bonds. The largest absolute Gasteiger partial charge is 0.486 e. The van der Waals surface area contributed by atoms with Gasteiger partial charge in [-0.15, -0.1) is 0 Å². The molecule has 3 heterocycles. The number of allylic oxidation sites excluding steroid dienone is 2. The summed E-state index contributed by atoms with van der Waals surface area (Å²) in [6, 6.07) is 20.0. The summed E-state index contributed by atoms with van der Waals surface area (Å²) in [7, 11) is 0. The first-order valence-electron chi connectivity index (χ1n) is 10.2. The molecular weight excluding hydrogens is 390 g/mol. The second kappa shape index (κ2) is 7.26. The Balaban J connectivity index is 1.26. The fraction of sp³-hybridized carbons (Fsp3) is 0.167. The van der Waals surface area contributed by atoms with E-state index in [1.807, 2.05) is 28.9 Å². The topological polar surface area (TPSA) is 72.7 Å². The molecule has 3 aromatic rings. The Morgan fingerprint density at radius 3 is 2.90 bits per heavy atom. The monoisotopic (exact) mass is 409 g/mol. The zero-order valence-electron chi connectivity index (χ0n) is 16.6. The number of nitrogens with one attached hydrogen (secondary N) is 2. The first-order valence-corrected chi connectivity index (χ1v) is 10.2. The molecule has 152 valence electrons. The molecule has 2 aromatic carbocycles. The molecule has 0 atom stereocenters. The summed E-state index contributed by atoms with van der Waals surface area (Å²) in [5.41, 5.74) is 4.16. The van der Waals surface area contributed by atoms with Crippen molar-refractivity contribution in [1.82, 2.24) is 15.1 Å². The lowest BCUT2D eigenvalue weighted by molar-refractivity contribution is 0.171. The Labute approximate surface area is 179 Å². The number of benzene rings is 2. The van der Waals surface area contributed by atoms with Crippen LogP contribution in [0.5, 0.6) is 11.5 Å². The molecule has 0 bridgehead atoms. The van der Waals surface area contributed by atoms with Crippen molar-refractivity contribution in [3.63, 3.8) is 0 Å². The second-order valence-electron chi connectivity index (χ2n) is 7.48. The molecule has 0 saturated carbocycles. The van der Waals surface area contributed by atoms with Crippen LogP contribution < -0.4 is 20.1 Å². The Morgan fingerprint density at radius 1 is 1.10 bits per heavy atom. The number of fused-ring (bicyclic) bond motifs is 2. The molecule has 2 N–H and O–H groups in total. The number of ether oxygens (including phenoxy) is 2. The summed E-state index contributed by atoms with van der Waals surface area (Å²) < 4.78 is 13.1. The average molecular weight is 409 g/mol. The number of hydrogen-bond donors (Lipinski definition) is 2. The highest BCUT2D eigenvalue weighted by molar-refractivity contribution is 6.04. The Bertz CT molecular complexity index is 1290. The van der Waals surface area contributed by atoms with Gasteiger partial charge in [0.2, 0.25) is 0 Å². The number of aromatic nitrogens is 2. The van der Waals surface area contributed by atoms with Crippen LogP contribution in [0.25, 0.3) is 5.69 Å². The lowest BCUT2D eigenvalue weighted by atomic mass is 10.1. The molecule has 1 aromatic heterocycles. The van der Waals surface area contributed by atoms with Gasteiger partial charge in [-0.1, -0.05) is 30.4 Å². The molecule has 7 nitrogen and oxygen atoms in total. The molecular formula is C24H19N5O2. The van der Waals surface area contributed by atoms with Gasteiger partial charge >= 0.3 is 0 Å². The standard InChI is InChI=1S/C24H19N5O2/c1-2-18(17-5-6-17)13-19(3-1)29-24-20(15-28-29)23(25-8-9-26-24)27-14-16-4-7-21-22(12-16)31-11-10-30-21/h1-7,12-13,15,17,26H,10-11,14H2,(H,25,27). The van der Waals surface area contributed by atoms with Crippen LogP contribution in [-0.4, -0.2) is 28.8 Å². The van der Waals surface area contributed by atoms with Crippen molar-refractivity contribution in [2.24, 2.45) is 4.99 Å². The van der Waals surface area contributed by atoms with E-state index in [-0.39, 0.29) is 0 Å². The summed E-state index contributed by atoms with van der Waals surface area (Å²) in [6.07, 6.45) is 6.16. The van der Waals surface area contributed by atoms with E-state index >= 15 is 0 Å². The maximum atomic E-state index is 5.68. The minimum absolute atomic E-state index is 0.437. The normalized spacial score (nSPS) is 15.7. The third-order valence-corrected chi connectivity index (χ3v) is 5.38. The number of nitrogens with zero attached hydrogens (tertiary/aromatic N) is 3. The maximum Gasteiger partial charge on any atom is 0.161 e. The highest BCUT2D eigenvalue weighted by Gasteiger charge is 2.20. The lowest BCUT2D eigenvalue weighted by Gasteiger charge is -2.19. The third-order valence-electron chi connectivity index (χ3n) is 5.38. The fourth-order valence-electron chi connectivity index (χ4n) is 3.73. The van der Waals surface area contributed by atoms with Crippen molar-refractivity contribution in [2.45, 2.75) is 12.5 Å². The predicted molar refractivity (Wildman–Crippen MR) is 118 cm³/mol. The van der Waals surface area contributed by atoms with Crippen LogP contribution in [-0.2, 0) is 6.54 Å². The number of hydrogen-bond acceptors (Lipinski definition) is 6. The average Bonchev–Trinajstić information content (AvgIpc) is 3.62.